The number of amides is 2. The van der Waals surface area contributed by atoms with Crippen molar-refractivity contribution in [3.8, 4) is 0 Å². The van der Waals surface area contributed by atoms with Crippen molar-refractivity contribution in [2.75, 3.05) is 18.1 Å². The molecule has 0 saturated carbocycles. The number of aromatic nitrogens is 2. The quantitative estimate of drug-likeness (QED) is 0.150. The molecule has 0 aliphatic carbocycles. The number of halogens is 1. The Kier molecular flexibility index (Phi) is 14.6. The van der Waals surface area contributed by atoms with Gasteiger partial charge < -0.3 is 18.9 Å². The fraction of sp³-hybridized carbons (Fsp3) is 0.571. The molecular formula is C28H38ClN3O10S2. The second-order valence-electron chi connectivity index (χ2n) is 10.6. The van der Waals surface area contributed by atoms with Crippen LogP contribution in [0.4, 0.5) is 14.7 Å². The van der Waals surface area contributed by atoms with Crippen LogP contribution in [-0.4, -0.2) is 70.1 Å². The fourth-order valence-electron chi connectivity index (χ4n) is 2.93. The van der Waals surface area contributed by atoms with Crippen LogP contribution in [0.1, 0.15) is 122 Å². The minimum Gasteiger partial charge on any atom is -0.462 e. The summed E-state index contributed by atoms with van der Waals surface area (Å²) in [5, 5.41) is -0.214. The van der Waals surface area contributed by atoms with Gasteiger partial charge in [-0.3, -0.25) is 9.59 Å². The summed E-state index contributed by atoms with van der Waals surface area (Å²) in [5.41, 5.74) is -1.85. The molecule has 0 aliphatic heterocycles. The average molecular weight is 676 g/mol. The molecule has 0 atom stereocenters. The topological polar surface area (TPSA) is 168 Å². The van der Waals surface area contributed by atoms with Gasteiger partial charge in [0, 0.05) is 12.8 Å². The molecule has 0 radical (unpaired) electrons. The van der Waals surface area contributed by atoms with Gasteiger partial charge in [-0.05, 0) is 55.4 Å². The number of imide groups is 1. The molecule has 2 rings (SSSR count). The van der Waals surface area contributed by atoms with Crippen LogP contribution in [-0.2, 0) is 18.9 Å². The number of esters is 2. The van der Waals surface area contributed by atoms with Crippen LogP contribution in [0.25, 0.3) is 0 Å². The van der Waals surface area contributed by atoms with Crippen LogP contribution < -0.4 is 4.90 Å². The Hall–Kier alpha value is -3.43. The smallest absolute Gasteiger partial charge is 0.426 e. The predicted molar refractivity (Wildman–Crippen MR) is 165 cm³/mol. The molecule has 0 saturated heterocycles. The van der Waals surface area contributed by atoms with Crippen molar-refractivity contribution in [3.63, 3.8) is 0 Å². The molecule has 2 aromatic heterocycles. The Balaban J connectivity index is 0.000000539. The van der Waals surface area contributed by atoms with Crippen LogP contribution in [0.3, 0.4) is 0 Å². The second-order valence-corrected chi connectivity index (χ2v) is 13.2. The Morgan fingerprint density at radius 3 is 1.43 bits per heavy atom. The van der Waals surface area contributed by atoms with Crippen molar-refractivity contribution in [2.24, 2.45) is 0 Å². The number of anilines is 1. The van der Waals surface area contributed by atoms with Crippen molar-refractivity contribution in [1.82, 2.24) is 9.97 Å². The lowest BCUT2D eigenvalue weighted by Crippen LogP contribution is -2.43. The summed E-state index contributed by atoms with van der Waals surface area (Å²) in [7, 11) is 0. The highest BCUT2D eigenvalue weighted by atomic mass is 35.5. The van der Waals surface area contributed by atoms with E-state index in [2.05, 4.69) is 9.97 Å². The standard InChI is InChI=1S/C19H28N2O7S.C9H10ClNO3S/c1-9-11(22)12-13(14(23)26-10-2)29-15(20-12)21(16(24)27-18(3,4)5)17(25)28-19(6,7)8;1-3-5(12)6-7(8(13)14-4-2)15-9(10)11-6/h9-10H2,1-8H3;3-4H2,1-2H3. The summed E-state index contributed by atoms with van der Waals surface area (Å²) in [6.07, 6.45) is -1.71. The molecule has 0 fully saturated rings. The maximum atomic E-state index is 12.7. The van der Waals surface area contributed by atoms with E-state index in [0.717, 1.165) is 11.3 Å². The summed E-state index contributed by atoms with van der Waals surface area (Å²) in [6.45, 7) is 16.8. The van der Waals surface area contributed by atoms with E-state index >= 15 is 0 Å². The lowest BCUT2D eigenvalue weighted by Gasteiger charge is -2.27. The SMILES string of the molecule is CCOC(=O)c1sc(Cl)nc1C(=O)CC.CCOC(=O)c1sc(N(C(=O)OC(C)(C)C)C(=O)OC(C)(C)C)nc1C(=O)CC. The third-order valence-corrected chi connectivity index (χ3v) is 6.81. The molecule has 0 aromatic carbocycles. The van der Waals surface area contributed by atoms with E-state index < -0.39 is 41.1 Å². The first-order valence-corrected chi connectivity index (χ1v) is 15.6. The van der Waals surface area contributed by atoms with Gasteiger partial charge in [-0.2, -0.15) is 4.90 Å². The summed E-state index contributed by atoms with van der Waals surface area (Å²) in [4.78, 5) is 81.4. The monoisotopic (exact) mass is 675 g/mol. The predicted octanol–water partition coefficient (Wildman–Crippen LogP) is 7.16. The lowest BCUT2D eigenvalue weighted by atomic mass is 10.2. The number of Topliss-reactive ketones (excluding diaryl/α,β-unsaturated/α-hetero) is 2. The number of rotatable bonds is 9. The van der Waals surface area contributed by atoms with Crippen molar-refractivity contribution >= 4 is 75.1 Å². The first-order chi connectivity index (χ1) is 20.3. The number of hydrogen-bond acceptors (Lipinski definition) is 14. The third-order valence-electron chi connectivity index (χ3n) is 4.65. The van der Waals surface area contributed by atoms with Gasteiger partial charge in [-0.1, -0.05) is 48.1 Å². The average Bonchev–Trinajstić information content (AvgIpc) is 3.50. The normalized spacial score (nSPS) is 11.1. The van der Waals surface area contributed by atoms with E-state index in [1.807, 2.05) is 0 Å². The fourth-order valence-corrected chi connectivity index (χ4v) is 4.91. The zero-order valence-electron chi connectivity index (χ0n) is 26.4. The van der Waals surface area contributed by atoms with Gasteiger partial charge in [0.2, 0.25) is 5.13 Å². The van der Waals surface area contributed by atoms with Gasteiger partial charge in [0.25, 0.3) is 0 Å². The molecule has 2 amide bonds. The minimum atomic E-state index is -1.04. The molecule has 16 heteroatoms. The van der Waals surface area contributed by atoms with Crippen molar-refractivity contribution in [2.45, 2.75) is 93.3 Å². The molecule has 0 N–H and O–H groups in total. The Labute approximate surface area is 269 Å². The first-order valence-electron chi connectivity index (χ1n) is 13.6. The molecule has 0 unspecified atom stereocenters. The zero-order chi connectivity index (χ0) is 34.0. The summed E-state index contributed by atoms with van der Waals surface area (Å²) >= 11 is 7.31. The molecule has 244 valence electrons. The molecule has 0 spiro atoms. The van der Waals surface area contributed by atoms with Gasteiger partial charge in [0.05, 0.1) is 13.2 Å². The van der Waals surface area contributed by atoms with Crippen molar-refractivity contribution < 1.29 is 47.7 Å². The van der Waals surface area contributed by atoms with Gasteiger partial charge in [0.1, 0.15) is 32.3 Å². The van der Waals surface area contributed by atoms with Gasteiger partial charge in [0.15, 0.2) is 16.0 Å². The maximum Gasteiger partial charge on any atom is 0.426 e. The Morgan fingerprint density at radius 1 is 0.682 bits per heavy atom. The summed E-state index contributed by atoms with van der Waals surface area (Å²) in [5.74, 6) is -1.94. The molecule has 0 bridgehead atoms. The number of hydrogen-bond donors (Lipinski definition) is 0. The summed E-state index contributed by atoms with van der Waals surface area (Å²) < 4.78 is 20.5. The van der Waals surface area contributed by atoms with Crippen LogP contribution >= 0.6 is 34.3 Å². The van der Waals surface area contributed by atoms with Gasteiger partial charge in [-0.25, -0.2) is 29.1 Å². The van der Waals surface area contributed by atoms with E-state index in [1.54, 1.807) is 69.2 Å². The number of carbonyl (C=O) groups excluding carboxylic acids is 6. The van der Waals surface area contributed by atoms with Crippen molar-refractivity contribution in [1.29, 1.82) is 0 Å². The maximum absolute atomic E-state index is 12.7. The molecular weight excluding hydrogens is 638 g/mol. The molecule has 0 aliphatic rings. The summed E-state index contributed by atoms with van der Waals surface area (Å²) in [6, 6.07) is 0. The van der Waals surface area contributed by atoms with E-state index in [4.69, 9.17) is 30.5 Å². The third kappa shape index (κ3) is 11.6. The molecule has 2 heterocycles. The number of thiazole rings is 2. The molecule has 2 aromatic rings. The van der Waals surface area contributed by atoms with E-state index in [1.165, 1.54) is 0 Å². The van der Waals surface area contributed by atoms with E-state index in [9.17, 15) is 28.8 Å². The zero-order valence-corrected chi connectivity index (χ0v) is 28.8. The van der Waals surface area contributed by atoms with Crippen LogP contribution in [0, 0.1) is 0 Å². The highest BCUT2D eigenvalue weighted by molar-refractivity contribution is 7.18. The van der Waals surface area contributed by atoms with Crippen LogP contribution in [0.2, 0.25) is 4.47 Å². The largest absolute Gasteiger partial charge is 0.462 e. The molecule has 13 nitrogen and oxygen atoms in total. The van der Waals surface area contributed by atoms with Gasteiger partial charge in [-0.15, -0.1) is 0 Å². The second kappa shape index (κ2) is 16.6. The van der Waals surface area contributed by atoms with E-state index in [0.29, 0.717) is 16.2 Å². The van der Waals surface area contributed by atoms with Crippen molar-refractivity contribution in [3.05, 3.63) is 25.6 Å². The number of carbonyl (C=O) groups is 6. The lowest BCUT2D eigenvalue weighted by molar-refractivity contribution is 0.0426. The highest BCUT2D eigenvalue weighted by Crippen LogP contribution is 2.31. The first kappa shape index (κ1) is 38.6. The van der Waals surface area contributed by atoms with E-state index in [-0.39, 0.29) is 62.6 Å². The number of ether oxygens (including phenoxy) is 4. The Bertz CT molecular complexity index is 1340. The van der Waals surface area contributed by atoms with Crippen LogP contribution in [0.5, 0.6) is 0 Å². The van der Waals surface area contributed by atoms with Gasteiger partial charge >= 0.3 is 24.1 Å². The van der Waals surface area contributed by atoms with Crippen LogP contribution in [0.15, 0.2) is 0 Å². The number of ketones is 2. The highest BCUT2D eigenvalue weighted by Gasteiger charge is 2.37. The molecule has 44 heavy (non-hydrogen) atoms. The Morgan fingerprint density at radius 2 is 1.07 bits per heavy atom. The minimum absolute atomic E-state index is 0.0778. The number of nitrogens with zero attached hydrogens (tertiary/aromatic N) is 3.